The van der Waals surface area contributed by atoms with E-state index >= 15 is 0 Å². The van der Waals surface area contributed by atoms with Crippen molar-refractivity contribution in [1.29, 1.82) is 5.26 Å². The molecule has 1 aliphatic rings. The molecule has 166 valence electrons. The van der Waals surface area contributed by atoms with Gasteiger partial charge in [0.15, 0.2) is 0 Å². The molecule has 2 heterocycles. The number of likely N-dealkylation sites (N-methyl/N-ethyl adjacent to an activating group) is 1. The van der Waals surface area contributed by atoms with Gasteiger partial charge in [-0.15, -0.1) is 11.8 Å². The topological polar surface area (TPSA) is 90.6 Å². The van der Waals surface area contributed by atoms with E-state index < -0.39 is 0 Å². The van der Waals surface area contributed by atoms with Crippen LogP contribution in [0.25, 0.3) is 4.85 Å². The van der Waals surface area contributed by atoms with Crippen LogP contribution in [0, 0.1) is 17.9 Å². The van der Waals surface area contributed by atoms with Gasteiger partial charge >= 0.3 is 0 Å². The minimum atomic E-state index is -0.353. The quantitative estimate of drug-likeness (QED) is 0.515. The van der Waals surface area contributed by atoms with Gasteiger partial charge in [-0.2, -0.15) is 5.26 Å². The second kappa shape index (κ2) is 11.0. The zero-order valence-corrected chi connectivity index (χ0v) is 19.4. The number of primary amides is 1. The van der Waals surface area contributed by atoms with Crippen LogP contribution in [0.3, 0.4) is 0 Å². The highest BCUT2D eigenvalue weighted by Gasteiger charge is 2.24. The minimum absolute atomic E-state index is 0.222. The molecule has 0 spiro atoms. The Kier molecular flexibility index (Phi) is 8.10. The molecule has 1 aliphatic heterocycles. The molecule has 8 heteroatoms. The van der Waals surface area contributed by atoms with Crippen LogP contribution in [0.5, 0.6) is 0 Å². The molecule has 0 aliphatic carbocycles. The van der Waals surface area contributed by atoms with Gasteiger partial charge in [0.05, 0.1) is 18.6 Å². The first-order chi connectivity index (χ1) is 15.5. The molecule has 1 amide bonds. The predicted molar refractivity (Wildman–Crippen MR) is 128 cm³/mol. The Morgan fingerprint density at radius 1 is 1.25 bits per heavy atom. The van der Waals surface area contributed by atoms with E-state index in [-0.39, 0.29) is 12.3 Å². The Morgan fingerprint density at radius 2 is 1.97 bits per heavy atom. The summed E-state index contributed by atoms with van der Waals surface area (Å²) in [7, 11) is 2.11. The van der Waals surface area contributed by atoms with Crippen LogP contribution in [0.15, 0.2) is 29.3 Å². The number of nitrogens with two attached hydrogens (primary N) is 1. The number of hydrogen-bond donors (Lipinski definition) is 1. The van der Waals surface area contributed by atoms with Crippen molar-refractivity contribution in [3.05, 3.63) is 57.9 Å². The molecule has 1 saturated heterocycles. The highest BCUT2D eigenvalue weighted by Crippen LogP contribution is 2.39. The largest absolute Gasteiger partial charge is 0.369 e. The van der Waals surface area contributed by atoms with Gasteiger partial charge in [0, 0.05) is 25.4 Å². The lowest BCUT2D eigenvalue weighted by Gasteiger charge is -2.25. The molecule has 0 atom stereocenters. The fourth-order valence-corrected chi connectivity index (χ4v) is 4.81. The molecule has 0 bridgehead atoms. The third-order valence-corrected chi connectivity index (χ3v) is 6.64. The molecule has 2 N–H and O–H groups in total. The number of anilines is 1. The van der Waals surface area contributed by atoms with Gasteiger partial charge in [0.2, 0.25) is 11.6 Å². The second-order valence-corrected chi connectivity index (χ2v) is 8.88. The number of pyridine rings is 1. The summed E-state index contributed by atoms with van der Waals surface area (Å²) >= 11 is 1.51. The number of hydrogen-bond acceptors (Lipinski definition) is 6. The van der Waals surface area contributed by atoms with Crippen LogP contribution in [-0.4, -0.2) is 49.0 Å². The van der Waals surface area contributed by atoms with Gasteiger partial charge < -0.3 is 15.5 Å². The van der Waals surface area contributed by atoms with Crippen molar-refractivity contribution < 1.29 is 4.79 Å². The molecule has 0 unspecified atom stereocenters. The number of thioether (sulfide) groups is 1. The number of nitriles is 1. The third-order valence-electron chi connectivity index (χ3n) is 5.59. The number of benzene rings is 1. The summed E-state index contributed by atoms with van der Waals surface area (Å²) in [5.74, 6) is 0.987. The number of amides is 1. The molecule has 7 nitrogen and oxygen atoms in total. The number of nitrogens with zero attached hydrogens (tertiary/aromatic N) is 5. The van der Waals surface area contributed by atoms with Crippen molar-refractivity contribution in [2.75, 3.05) is 38.1 Å². The summed E-state index contributed by atoms with van der Waals surface area (Å²) in [5, 5.41) is 10.6. The van der Waals surface area contributed by atoms with Gasteiger partial charge in [-0.05, 0) is 43.1 Å². The van der Waals surface area contributed by atoms with E-state index in [4.69, 9.17) is 17.3 Å². The van der Waals surface area contributed by atoms with Crippen LogP contribution in [0.4, 0.5) is 11.5 Å². The fraction of sp³-hybridized carbons (Fsp3) is 0.417. The SMILES string of the molecule is [C-]#[N+]c1c(N2CCCN(C)CC2)nc(SCc2ccc(CC(N)=O)cc2)c(C#N)c1CC. The molecule has 1 aromatic carbocycles. The van der Waals surface area contributed by atoms with Crippen LogP contribution in [0.1, 0.15) is 35.6 Å². The molecule has 0 radical (unpaired) electrons. The summed E-state index contributed by atoms with van der Waals surface area (Å²) in [6.45, 7) is 13.4. The van der Waals surface area contributed by atoms with Crippen molar-refractivity contribution in [3.63, 3.8) is 0 Å². The van der Waals surface area contributed by atoms with E-state index in [1.54, 1.807) is 0 Å². The lowest BCUT2D eigenvalue weighted by Crippen LogP contribution is -2.29. The number of aromatic nitrogens is 1. The van der Waals surface area contributed by atoms with Crippen LogP contribution < -0.4 is 10.6 Å². The monoisotopic (exact) mass is 448 g/mol. The Labute approximate surface area is 194 Å². The highest BCUT2D eigenvalue weighted by atomic mass is 32.2. The molecule has 0 saturated carbocycles. The number of rotatable bonds is 7. The minimum Gasteiger partial charge on any atom is -0.369 e. The summed E-state index contributed by atoms with van der Waals surface area (Å²) in [5.41, 5.74) is 9.01. The molecule has 2 aromatic rings. The van der Waals surface area contributed by atoms with Crippen molar-refractivity contribution in [3.8, 4) is 6.07 Å². The predicted octanol–water partition coefficient (Wildman–Crippen LogP) is 3.53. The standard InChI is InChI=1S/C24H28N6OS/c1-4-19-20(15-25)24(32-16-18-8-6-17(7-9-18)14-21(26)31)28-23(22(19)27-2)30-11-5-10-29(3)12-13-30/h6-9H,4-5,10-14,16H2,1,3H3,(H2,26,31). The summed E-state index contributed by atoms with van der Waals surface area (Å²) in [4.78, 5) is 24.2. The molecule has 1 aromatic heterocycles. The van der Waals surface area contributed by atoms with Crippen molar-refractivity contribution in [2.45, 2.75) is 37.0 Å². The van der Waals surface area contributed by atoms with Crippen LogP contribution >= 0.6 is 11.8 Å². The summed E-state index contributed by atoms with van der Waals surface area (Å²) < 4.78 is 0. The molecule has 32 heavy (non-hydrogen) atoms. The van der Waals surface area contributed by atoms with E-state index in [1.165, 1.54) is 11.8 Å². The van der Waals surface area contributed by atoms with Crippen LogP contribution in [0.2, 0.25) is 0 Å². The molecular weight excluding hydrogens is 420 g/mol. The third kappa shape index (κ3) is 5.59. The van der Waals surface area contributed by atoms with Crippen molar-refractivity contribution in [2.24, 2.45) is 5.73 Å². The fourth-order valence-electron chi connectivity index (χ4n) is 3.85. The highest BCUT2D eigenvalue weighted by molar-refractivity contribution is 7.98. The Balaban J connectivity index is 1.91. The molecule has 1 fully saturated rings. The zero-order chi connectivity index (χ0) is 23.1. The van der Waals surface area contributed by atoms with Crippen molar-refractivity contribution in [1.82, 2.24) is 9.88 Å². The maximum Gasteiger partial charge on any atom is 0.232 e. The van der Waals surface area contributed by atoms with Gasteiger partial charge in [0.25, 0.3) is 0 Å². The normalized spacial score (nSPS) is 14.4. The second-order valence-electron chi connectivity index (χ2n) is 7.91. The maximum absolute atomic E-state index is 11.1. The molecule has 3 rings (SSSR count). The lowest BCUT2D eigenvalue weighted by molar-refractivity contribution is -0.117. The van der Waals surface area contributed by atoms with Crippen LogP contribution in [-0.2, 0) is 23.4 Å². The van der Waals surface area contributed by atoms with Crippen molar-refractivity contribution >= 4 is 29.2 Å². The van der Waals surface area contributed by atoms with Gasteiger partial charge in [0.1, 0.15) is 16.9 Å². The Morgan fingerprint density at radius 3 is 2.59 bits per heavy atom. The average Bonchev–Trinajstić information content (AvgIpc) is 3.01. The van der Waals surface area contributed by atoms with E-state index in [0.717, 1.165) is 49.3 Å². The van der Waals surface area contributed by atoms with E-state index in [2.05, 4.69) is 27.8 Å². The maximum atomic E-state index is 11.1. The van der Waals surface area contributed by atoms with Gasteiger partial charge in [-0.25, -0.2) is 9.83 Å². The summed E-state index contributed by atoms with van der Waals surface area (Å²) in [6.07, 6.45) is 1.84. The summed E-state index contributed by atoms with van der Waals surface area (Å²) in [6, 6.07) is 10.0. The Bertz CT molecular complexity index is 1050. The molecular formula is C24H28N6OS. The van der Waals surface area contributed by atoms with Gasteiger partial charge in [-0.3, -0.25) is 4.79 Å². The smallest absolute Gasteiger partial charge is 0.232 e. The zero-order valence-electron chi connectivity index (χ0n) is 18.6. The Hall–Kier alpha value is -3.07. The first kappa shape index (κ1) is 23.6. The first-order valence-corrected chi connectivity index (χ1v) is 11.7. The number of carbonyl (C=O) groups is 1. The average molecular weight is 449 g/mol. The van der Waals surface area contributed by atoms with E-state index in [0.29, 0.717) is 34.3 Å². The van der Waals surface area contributed by atoms with E-state index in [1.807, 2.05) is 31.2 Å². The first-order valence-electron chi connectivity index (χ1n) is 10.7. The number of carbonyl (C=O) groups excluding carboxylic acids is 1. The lowest BCUT2D eigenvalue weighted by atomic mass is 10.1. The van der Waals surface area contributed by atoms with Gasteiger partial charge in [-0.1, -0.05) is 31.2 Å². The van der Waals surface area contributed by atoms with E-state index in [9.17, 15) is 10.1 Å².